The summed E-state index contributed by atoms with van der Waals surface area (Å²) in [5, 5.41) is 0. The van der Waals surface area contributed by atoms with E-state index in [2.05, 4.69) is 66.6 Å². The molecule has 0 N–H and O–H groups in total. The Morgan fingerprint density at radius 2 is 2.09 bits per heavy atom. The lowest BCUT2D eigenvalue weighted by atomic mass is 9.90. The van der Waals surface area contributed by atoms with Crippen LogP contribution in [-0.4, -0.2) is 68.9 Å². The molecule has 6 heteroatoms. The minimum Gasteiger partial charge on any atom is -0.467 e. The first-order valence-electron chi connectivity index (χ1n) is 11.7. The second kappa shape index (κ2) is 16.8. The normalized spacial score (nSPS) is 16.6. The van der Waals surface area contributed by atoms with Gasteiger partial charge >= 0.3 is 5.97 Å². The smallest absolute Gasteiger partial charge is 0.331 e. The Labute approximate surface area is 200 Å². The molecule has 0 aliphatic heterocycles. The first-order valence-corrected chi connectivity index (χ1v) is 11.7. The van der Waals surface area contributed by atoms with E-state index in [1.807, 2.05) is 12.4 Å². The van der Waals surface area contributed by atoms with Gasteiger partial charge in [0.2, 0.25) is 0 Å². The molecule has 0 fully saturated rings. The molecule has 3 unspecified atom stereocenters. The third-order valence-corrected chi connectivity index (χ3v) is 5.68. The fourth-order valence-electron chi connectivity index (χ4n) is 3.51. The van der Waals surface area contributed by atoms with Crippen molar-refractivity contribution < 1.29 is 14.3 Å². The van der Waals surface area contributed by atoms with E-state index in [0.717, 1.165) is 49.8 Å². The summed E-state index contributed by atoms with van der Waals surface area (Å²) in [6, 6.07) is -0.0755. The SMILES string of the molecule is C=C/C=C(\C=C)C(N=C)C(N=CN(CCCCOCC(=O)OC)C(C)CC)C1=CCCC=C1. The van der Waals surface area contributed by atoms with Crippen molar-refractivity contribution in [3.63, 3.8) is 0 Å². The van der Waals surface area contributed by atoms with Gasteiger partial charge in [0.15, 0.2) is 0 Å². The summed E-state index contributed by atoms with van der Waals surface area (Å²) in [5.41, 5.74) is 2.09. The van der Waals surface area contributed by atoms with Gasteiger partial charge in [0.1, 0.15) is 18.7 Å². The van der Waals surface area contributed by atoms with Crippen LogP contribution in [0.3, 0.4) is 0 Å². The molecule has 0 aromatic heterocycles. The summed E-state index contributed by atoms with van der Waals surface area (Å²) in [5.74, 6) is -0.352. The van der Waals surface area contributed by atoms with Crippen molar-refractivity contribution in [2.24, 2.45) is 9.98 Å². The van der Waals surface area contributed by atoms with Gasteiger partial charge in [0, 0.05) is 19.2 Å². The van der Waals surface area contributed by atoms with Crippen LogP contribution in [0.1, 0.15) is 46.0 Å². The third kappa shape index (κ3) is 10.2. The van der Waals surface area contributed by atoms with Gasteiger partial charge in [0.05, 0.1) is 13.4 Å². The first-order chi connectivity index (χ1) is 16.0. The van der Waals surface area contributed by atoms with E-state index >= 15 is 0 Å². The molecule has 0 bridgehead atoms. The molecule has 1 aliphatic carbocycles. The molecule has 0 amide bonds. The van der Waals surface area contributed by atoms with E-state index < -0.39 is 0 Å². The monoisotopic (exact) mass is 455 g/mol. The predicted molar refractivity (Wildman–Crippen MR) is 139 cm³/mol. The largest absolute Gasteiger partial charge is 0.467 e. The Balaban J connectivity index is 2.96. The average molecular weight is 456 g/mol. The fourth-order valence-corrected chi connectivity index (χ4v) is 3.51. The Kier molecular flexibility index (Phi) is 14.4. The van der Waals surface area contributed by atoms with Crippen molar-refractivity contribution >= 4 is 19.0 Å². The molecular weight excluding hydrogens is 414 g/mol. The Morgan fingerprint density at radius 3 is 2.67 bits per heavy atom. The van der Waals surface area contributed by atoms with Crippen LogP contribution in [0, 0.1) is 0 Å². The number of ether oxygens (including phenoxy) is 2. The van der Waals surface area contributed by atoms with Crippen LogP contribution >= 0.6 is 0 Å². The zero-order valence-corrected chi connectivity index (χ0v) is 20.6. The predicted octanol–water partition coefficient (Wildman–Crippen LogP) is 5.10. The molecule has 6 nitrogen and oxygen atoms in total. The number of carbonyl (C=O) groups is 1. The standard InChI is InChI=1S/C27H41N3O3/c1-7-15-23(9-3)26(28-5)27(24-16-11-10-12-17-24)29-21-30(22(4)8-2)18-13-14-19-33-20-25(31)32-6/h7,9,11,15-17,21-22,26-27H,1,3,5,8,10,12-14,18-20H2,2,4,6H3/b23-15+,29-21?. The van der Waals surface area contributed by atoms with Crippen molar-refractivity contribution in [1.82, 2.24) is 4.90 Å². The highest BCUT2D eigenvalue weighted by atomic mass is 16.6. The van der Waals surface area contributed by atoms with Gasteiger partial charge in [-0.3, -0.25) is 9.98 Å². The maximum Gasteiger partial charge on any atom is 0.331 e. The van der Waals surface area contributed by atoms with E-state index in [0.29, 0.717) is 12.6 Å². The summed E-state index contributed by atoms with van der Waals surface area (Å²) in [7, 11) is 1.36. The first kappa shape index (κ1) is 28.3. The molecule has 0 radical (unpaired) electrons. The van der Waals surface area contributed by atoms with Crippen molar-refractivity contribution in [1.29, 1.82) is 0 Å². The highest BCUT2D eigenvalue weighted by Crippen LogP contribution is 2.25. The number of unbranched alkanes of at least 4 members (excludes halogenated alkanes) is 1. The van der Waals surface area contributed by atoms with Gasteiger partial charge in [-0.2, -0.15) is 0 Å². The van der Waals surface area contributed by atoms with Crippen LogP contribution in [0.4, 0.5) is 0 Å². The molecule has 1 aliphatic rings. The van der Waals surface area contributed by atoms with Gasteiger partial charge in [-0.25, -0.2) is 4.79 Å². The number of aliphatic imine (C=N–C) groups is 2. The number of methoxy groups -OCH3 is 1. The number of hydrogen-bond donors (Lipinski definition) is 0. The lowest BCUT2D eigenvalue weighted by Crippen LogP contribution is -2.34. The van der Waals surface area contributed by atoms with Crippen molar-refractivity contribution in [2.45, 2.75) is 64.1 Å². The van der Waals surface area contributed by atoms with Crippen molar-refractivity contribution in [3.8, 4) is 0 Å². The minimum atomic E-state index is -0.352. The molecule has 0 saturated carbocycles. The van der Waals surface area contributed by atoms with Crippen LogP contribution in [0.15, 0.2) is 70.7 Å². The molecule has 0 aromatic rings. The highest BCUT2D eigenvalue weighted by Gasteiger charge is 2.25. The minimum absolute atomic E-state index is 0.00283. The van der Waals surface area contributed by atoms with Crippen LogP contribution < -0.4 is 0 Å². The number of allylic oxidation sites excluding steroid dienone is 4. The lowest BCUT2D eigenvalue weighted by molar-refractivity contribution is -0.145. The van der Waals surface area contributed by atoms with Crippen molar-refractivity contribution in [3.05, 3.63) is 60.8 Å². The quantitative estimate of drug-likeness (QED) is 0.101. The summed E-state index contributed by atoms with van der Waals surface area (Å²) in [6.45, 7) is 17.4. The van der Waals surface area contributed by atoms with Gasteiger partial charge < -0.3 is 14.4 Å². The second-order valence-electron chi connectivity index (χ2n) is 7.96. The number of esters is 1. The summed E-state index contributed by atoms with van der Waals surface area (Å²) in [4.78, 5) is 22.8. The van der Waals surface area contributed by atoms with Gasteiger partial charge in [-0.05, 0) is 56.9 Å². The molecule has 1 rings (SSSR count). The van der Waals surface area contributed by atoms with Crippen LogP contribution in [0.25, 0.3) is 0 Å². The molecule has 182 valence electrons. The summed E-state index contributed by atoms with van der Waals surface area (Å²) < 4.78 is 9.94. The summed E-state index contributed by atoms with van der Waals surface area (Å²) >= 11 is 0. The second-order valence-corrected chi connectivity index (χ2v) is 7.96. The Hall–Kier alpha value is -2.73. The van der Waals surface area contributed by atoms with Crippen molar-refractivity contribution in [2.75, 3.05) is 26.9 Å². The van der Waals surface area contributed by atoms with Crippen LogP contribution in [0.5, 0.6) is 0 Å². The molecule has 0 aromatic carbocycles. The van der Waals surface area contributed by atoms with E-state index in [9.17, 15) is 4.79 Å². The number of nitrogens with zero attached hydrogens (tertiary/aromatic N) is 3. The lowest BCUT2D eigenvalue weighted by Gasteiger charge is -2.29. The zero-order valence-electron chi connectivity index (χ0n) is 20.6. The summed E-state index contributed by atoms with van der Waals surface area (Å²) in [6.07, 6.45) is 18.8. The fraction of sp³-hybridized carbons (Fsp3) is 0.519. The van der Waals surface area contributed by atoms with E-state index in [4.69, 9.17) is 9.73 Å². The topological polar surface area (TPSA) is 63.5 Å². The molecule has 3 atom stereocenters. The molecule has 0 heterocycles. The van der Waals surface area contributed by atoms with E-state index in [1.54, 1.807) is 12.2 Å². The Morgan fingerprint density at radius 1 is 1.30 bits per heavy atom. The van der Waals surface area contributed by atoms with Crippen LogP contribution in [0.2, 0.25) is 0 Å². The van der Waals surface area contributed by atoms with E-state index in [1.165, 1.54) is 7.11 Å². The maximum atomic E-state index is 11.1. The number of hydrogen-bond acceptors (Lipinski definition) is 5. The van der Waals surface area contributed by atoms with E-state index in [-0.39, 0.29) is 24.7 Å². The maximum absolute atomic E-state index is 11.1. The zero-order chi connectivity index (χ0) is 24.5. The van der Waals surface area contributed by atoms with Gasteiger partial charge in [-0.15, -0.1) is 0 Å². The molecule has 0 spiro atoms. The number of rotatable bonds is 17. The molecular formula is C27H41N3O3. The van der Waals surface area contributed by atoms with Crippen LogP contribution in [-0.2, 0) is 14.3 Å². The van der Waals surface area contributed by atoms with Gasteiger partial charge in [-0.1, -0.05) is 56.5 Å². The molecule has 33 heavy (non-hydrogen) atoms. The Bertz CT molecular complexity index is 752. The average Bonchev–Trinajstić information content (AvgIpc) is 2.85. The van der Waals surface area contributed by atoms with Gasteiger partial charge in [0.25, 0.3) is 0 Å². The molecule has 0 saturated heterocycles. The third-order valence-electron chi connectivity index (χ3n) is 5.68. The number of carbonyl (C=O) groups excluding carboxylic acids is 1. The highest BCUT2D eigenvalue weighted by molar-refractivity contribution is 5.70.